The number of nitrogens with zero attached hydrogens (tertiary/aromatic N) is 1. The number of hydrogen-bond acceptors (Lipinski definition) is 4. The van der Waals surface area contributed by atoms with Crippen molar-refractivity contribution in [1.82, 2.24) is 14.9 Å². The molecule has 1 aliphatic heterocycles. The first kappa shape index (κ1) is 22.3. The number of benzene rings is 1. The molecular weight excluding hydrogens is 385 g/mol. The molecule has 2 rings (SSSR count). The number of likely N-dealkylation sites (tertiary alicyclic amines) is 1. The average molecular weight is 414 g/mol. The molecule has 9 heteroatoms. The highest BCUT2D eigenvalue weighted by molar-refractivity contribution is 7.89. The van der Waals surface area contributed by atoms with Crippen LogP contribution in [0.3, 0.4) is 0 Å². The molecule has 28 heavy (non-hydrogen) atoms. The first-order valence-corrected chi connectivity index (χ1v) is 10.9. The van der Waals surface area contributed by atoms with Crippen molar-refractivity contribution in [2.75, 3.05) is 13.1 Å². The van der Waals surface area contributed by atoms with Crippen LogP contribution in [0.15, 0.2) is 29.2 Å². The minimum atomic E-state index is -4.15. The van der Waals surface area contributed by atoms with E-state index in [-0.39, 0.29) is 11.9 Å². The fraction of sp³-hybridized carbons (Fsp3) is 0.579. The van der Waals surface area contributed by atoms with Crippen molar-refractivity contribution in [2.45, 2.75) is 57.0 Å². The summed E-state index contributed by atoms with van der Waals surface area (Å²) in [5.41, 5.74) is 0. The number of carbonyl (C=O) groups excluding carboxylic acids is 2. The minimum Gasteiger partial charge on any atom is -0.352 e. The predicted octanol–water partition coefficient (Wildman–Crippen LogP) is 1.65. The van der Waals surface area contributed by atoms with E-state index >= 15 is 0 Å². The molecule has 1 aromatic carbocycles. The van der Waals surface area contributed by atoms with Gasteiger partial charge in [-0.25, -0.2) is 12.8 Å². The van der Waals surface area contributed by atoms with Crippen LogP contribution in [-0.4, -0.2) is 50.3 Å². The highest BCUT2D eigenvalue weighted by Gasteiger charge is 2.28. The topological polar surface area (TPSA) is 95.6 Å². The molecule has 2 N–H and O–H groups in total. The summed E-state index contributed by atoms with van der Waals surface area (Å²) < 4.78 is 40.5. The largest absolute Gasteiger partial charge is 0.352 e. The lowest BCUT2D eigenvalue weighted by atomic mass is 10.0. The zero-order chi connectivity index (χ0) is 20.9. The van der Waals surface area contributed by atoms with Crippen LogP contribution in [-0.2, 0) is 19.6 Å². The van der Waals surface area contributed by atoms with Crippen molar-refractivity contribution >= 4 is 21.8 Å². The van der Waals surface area contributed by atoms with Crippen molar-refractivity contribution in [2.24, 2.45) is 5.92 Å². The second-order valence-corrected chi connectivity index (χ2v) is 9.22. The average Bonchev–Trinajstić information content (AvgIpc) is 2.61. The van der Waals surface area contributed by atoms with Crippen LogP contribution in [0.2, 0.25) is 0 Å². The van der Waals surface area contributed by atoms with Crippen LogP contribution in [0.25, 0.3) is 0 Å². The number of halogens is 1. The van der Waals surface area contributed by atoms with Gasteiger partial charge < -0.3 is 10.2 Å². The van der Waals surface area contributed by atoms with Gasteiger partial charge in [-0.05, 0) is 37.8 Å². The maximum absolute atomic E-state index is 13.7. The van der Waals surface area contributed by atoms with E-state index in [1.807, 2.05) is 13.8 Å². The Morgan fingerprint density at radius 3 is 2.36 bits per heavy atom. The van der Waals surface area contributed by atoms with Crippen molar-refractivity contribution in [3.63, 3.8) is 0 Å². The zero-order valence-corrected chi connectivity index (χ0v) is 17.3. The number of rotatable bonds is 7. The van der Waals surface area contributed by atoms with E-state index in [9.17, 15) is 22.4 Å². The first-order valence-electron chi connectivity index (χ1n) is 9.45. The molecule has 0 aromatic heterocycles. The summed E-state index contributed by atoms with van der Waals surface area (Å²) in [6, 6.07) is 3.82. The maximum Gasteiger partial charge on any atom is 0.244 e. The van der Waals surface area contributed by atoms with E-state index in [1.165, 1.54) is 19.1 Å². The van der Waals surface area contributed by atoms with Gasteiger partial charge in [0.1, 0.15) is 10.7 Å². The van der Waals surface area contributed by atoms with E-state index in [0.717, 1.165) is 12.1 Å². The SMILES string of the molecule is CC(C)CC(=O)N1CCC(NC(=O)[C@H](C)NS(=O)(=O)c2ccccc2F)CC1. The second-order valence-electron chi connectivity index (χ2n) is 7.54. The molecule has 0 unspecified atom stereocenters. The number of amides is 2. The molecular formula is C19H28FN3O4S. The zero-order valence-electron chi connectivity index (χ0n) is 16.4. The highest BCUT2D eigenvalue weighted by atomic mass is 32.2. The fourth-order valence-electron chi connectivity index (χ4n) is 3.09. The monoisotopic (exact) mass is 413 g/mol. The summed E-state index contributed by atoms with van der Waals surface area (Å²) in [5, 5.41) is 2.81. The molecule has 2 amide bonds. The Labute approximate surface area is 165 Å². The van der Waals surface area contributed by atoms with E-state index < -0.39 is 32.7 Å². The van der Waals surface area contributed by atoms with Crippen molar-refractivity contribution in [1.29, 1.82) is 0 Å². The summed E-state index contributed by atoms with van der Waals surface area (Å²) in [5.74, 6) is -0.938. The molecule has 0 bridgehead atoms. The lowest BCUT2D eigenvalue weighted by Crippen LogP contribution is -2.51. The molecule has 156 valence electrons. The molecule has 0 spiro atoms. The van der Waals surface area contributed by atoms with E-state index in [2.05, 4.69) is 10.0 Å². The fourth-order valence-corrected chi connectivity index (χ4v) is 4.37. The van der Waals surface area contributed by atoms with Crippen LogP contribution in [0.4, 0.5) is 4.39 Å². The second kappa shape index (κ2) is 9.47. The Kier molecular flexibility index (Phi) is 7.54. The van der Waals surface area contributed by atoms with Crippen molar-refractivity contribution in [3.05, 3.63) is 30.1 Å². The van der Waals surface area contributed by atoms with Gasteiger partial charge in [-0.2, -0.15) is 4.72 Å². The van der Waals surface area contributed by atoms with Crippen LogP contribution in [0, 0.1) is 11.7 Å². The molecule has 1 atom stereocenters. The Morgan fingerprint density at radius 1 is 1.18 bits per heavy atom. The summed E-state index contributed by atoms with van der Waals surface area (Å²) in [4.78, 5) is 25.8. The third-order valence-electron chi connectivity index (χ3n) is 4.63. The summed E-state index contributed by atoms with van der Waals surface area (Å²) >= 11 is 0. The van der Waals surface area contributed by atoms with Gasteiger partial charge in [0.05, 0.1) is 6.04 Å². The lowest BCUT2D eigenvalue weighted by molar-refractivity contribution is -0.133. The standard InChI is InChI=1S/C19H28FN3O4S/c1-13(2)12-18(24)23-10-8-15(9-11-23)21-19(25)14(3)22-28(26,27)17-7-5-4-6-16(17)20/h4-7,13-15,22H,8-12H2,1-3H3,(H,21,25)/t14-/m0/s1. The van der Waals surface area contributed by atoms with Gasteiger partial charge in [0.15, 0.2) is 0 Å². The van der Waals surface area contributed by atoms with Crippen LogP contribution in [0.1, 0.15) is 40.0 Å². The smallest absolute Gasteiger partial charge is 0.244 e. The van der Waals surface area contributed by atoms with Gasteiger partial charge in [0.25, 0.3) is 0 Å². The van der Waals surface area contributed by atoms with Gasteiger partial charge in [-0.15, -0.1) is 0 Å². The summed E-state index contributed by atoms with van der Waals surface area (Å²) in [6.07, 6.45) is 1.73. The Hall–Kier alpha value is -2.00. The molecule has 0 radical (unpaired) electrons. The number of piperidine rings is 1. The molecule has 1 fully saturated rings. The van der Waals surface area contributed by atoms with Gasteiger partial charge in [0, 0.05) is 25.6 Å². The van der Waals surface area contributed by atoms with Crippen LogP contribution >= 0.6 is 0 Å². The lowest BCUT2D eigenvalue weighted by Gasteiger charge is -2.33. The van der Waals surface area contributed by atoms with Crippen molar-refractivity contribution in [3.8, 4) is 0 Å². The molecule has 7 nitrogen and oxygen atoms in total. The van der Waals surface area contributed by atoms with E-state index in [1.54, 1.807) is 4.90 Å². The van der Waals surface area contributed by atoms with Gasteiger partial charge >= 0.3 is 0 Å². The first-order chi connectivity index (χ1) is 13.1. The van der Waals surface area contributed by atoms with Gasteiger partial charge in [-0.1, -0.05) is 26.0 Å². The summed E-state index contributed by atoms with van der Waals surface area (Å²) in [7, 11) is -4.15. The Morgan fingerprint density at radius 2 is 1.79 bits per heavy atom. The summed E-state index contributed by atoms with van der Waals surface area (Å²) in [6.45, 7) is 6.52. The Bertz CT molecular complexity index is 805. The number of carbonyl (C=O) groups is 2. The maximum atomic E-state index is 13.7. The number of sulfonamides is 1. The molecule has 0 aliphatic carbocycles. The third kappa shape index (κ3) is 6.00. The molecule has 1 saturated heterocycles. The van der Waals surface area contributed by atoms with E-state index in [0.29, 0.717) is 38.3 Å². The van der Waals surface area contributed by atoms with E-state index in [4.69, 9.17) is 0 Å². The Balaban J connectivity index is 1.86. The highest BCUT2D eigenvalue weighted by Crippen LogP contribution is 2.15. The third-order valence-corrected chi connectivity index (χ3v) is 6.20. The quantitative estimate of drug-likeness (QED) is 0.710. The van der Waals surface area contributed by atoms with Gasteiger partial charge in [-0.3, -0.25) is 9.59 Å². The van der Waals surface area contributed by atoms with Gasteiger partial charge in [0.2, 0.25) is 21.8 Å². The van der Waals surface area contributed by atoms with Crippen LogP contribution in [0.5, 0.6) is 0 Å². The molecule has 1 aliphatic rings. The molecule has 0 saturated carbocycles. The predicted molar refractivity (Wildman–Crippen MR) is 103 cm³/mol. The normalized spacial score (nSPS) is 16.8. The number of nitrogens with one attached hydrogen (secondary N) is 2. The molecule has 1 heterocycles. The molecule has 1 aromatic rings. The minimum absolute atomic E-state index is 0.116. The number of hydrogen-bond donors (Lipinski definition) is 2. The van der Waals surface area contributed by atoms with Crippen LogP contribution < -0.4 is 10.0 Å². The van der Waals surface area contributed by atoms with Crippen molar-refractivity contribution < 1.29 is 22.4 Å².